The molecule has 21 heavy (non-hydrogen) atoms. The molecular formula is C11H15F3N4O3. The number of rotatable bonds is 6. The van der Waals surface area contributed by atoms with E-state index in [1.807, 2.05) is 0 Å². The van der Waals surface area contributed by atoms with Gasteiger partial charge in [0.2, 0.25) is 11.6 Å². The molecule has 0 bridgehead atoms. The number of halogens is 3. The topological polar surface area (TPSA) is 86.1 Å². The summed E-state index contributed by atoms with van der Waals surface area (Å²) in [4.78, 5) is 22.9. The zero-order chi connectivity index (χ0) is 16.0. The fraction of sp³-hybridized carbons (Fsp3) is 0.636. The quantitative estimate of drug-likeness (QED) is 0.792. The third-order valence-electron chi connectivity index (χ3n) is 2.34. The van der Waals surface area contributed by atoms with E-state index < -0.39 is 36.0 Å². The molecule has 0 fully saturated rings. The first-order valence-corrected chi connectivity index (χ1v) is 6.25. The van der Waals surface area contributed by atoms with Crippen LogP contribution in [0.15, 0.2) is 0 Å². The monoisotopic (exact) mass is 308 g/mol. The van der Waals surface area contributed by atoms with Crippen LogP contribution in [-0.2, 0) is 22.3 Å². The highest BCUT2D eigenvalue weighted by molar-refractivity contribution is 5.88. The van der Waals surface area contributed by atoms with Crippen LogP contribution in [-0.4, -0.2) is 40.0 Å². The molecule has 1 aromatic rings. The van der Waals surface area contributed by atoms with E-state index in [0.717, 1.165) is 0 Å². The summed E-state index contributed by atoms with van der Waals surface area (Å²) in [6.07, 6.45) is -4.24. The van der Waals surface area contributed by atoms with Gasteiger partial charge in [-0.05, 0) is 13.3 Å². The molecule has 0 saturated heterocycles. The van der Waals surface area contributed by atoms with E-state index >= 15 is 0 Å². The van der Waals surface area contributed by atoms with Gasteiger partial charge in [-0.25, -0.2) is 9.48 Å². The molecule has 0 aliphatic rings. The van der Waals surface area contributed by atoms with Gasteiger partial charge in [0.1, 0.15) is 6.54 Å². The van der Waals surface area contributed by atoms with Gasteiger partial charge < -0.3 is 10.1 Å². The molecule has 0 aliphatic carbocycles. The molecule has 0 saturated carbocycles. The summed E-state index contributed by atoms with van der Waals surface area (Å²) < 4.78 is 43.9. The van der Waals surface area contributed by atoms with E-state index in [2.05, 4.69) is 20.4 Å². The number of hydrogen-bond acceptors (Lipinski definition) is 5. The number of nitrogens with zero attached hydrogens (tertiary/aromatic N) is 3. The first-order chi connectivity index (χ1) is 9.81. The second-order valence-corrected chi connectivity index (χ2v) is 4.01. The molecule has 0 unspecified atom stereocenters. The summed E-state index contributed by atoms with van der Waals surface area (Å²) in [5, 5.41) is 8.80. The number of nitrogens with one attached hydrogen (secondary N) is 1. The fourth-order valence-corrected chi connectivity index (χ4v) is 1.50. The third-order valence-corrected chi connectivity index (χ3v) is 2.34. The number of esters is 1. The highest BCUT2D eigenvalue weighted by Crippen LogP contribution is 2.31. The van der Waals surface area contributed by atoms with E-state index in [9.17, 15) is 22.8 Å². The zero-order valence-electron chi connectivity index (χ0n) is 11.5. The largest absolute Gasteiger partial charge is 0.461 e. The number of hydrogen-bond donors (Lipinski definition) is 1. The fourth-order valence-electron chi connectivity index (χ4n) is 1.50. The Morgan fingerprint density at radius 3 is 2.52 bits per heavy atom. The molecule has 0 spiro atoms. The third kappa shape index (κ3) is 4.43. The van der Waals surface area contributed by atoms with Crippen molar-refractivity contribution in [2.45, 2.75) is 33.0 Å². The van der Waals surface area contributed by atoms with E-state index in [4.69, 9.17) is 0 Å². The van der Waals surface area contributed by atoms with Crippen molar-refractivity contribution in [2.24, 2.45) is 0 Å². The van der Waals surface area contributed by atoms with Crippen LogP contribution in [0.3, 0.4) is 0 Å². The Kier molecular flexibility index (Phi) is 5.68. The van der Waals surface area contributed by atoms with Crippen LogP contribution in [0.4, 0.5) is 13.2 Å². The minimum absolute atomic E-state index is 0.0972. The van der Waals surface area contributed by atoms with Crippen molar-refractivity contribution < 1.29 is 27.5 Å². The maximum atomic E-state index is 13.0. The molecule has 1 N–H and O–H groups in total. The van der Waals surface area contributed by atoms with E-state index in [1.165, 1.54) is 6.92 Å². The van der Waals surface area contributed by atoms with Gasteiger partial charge in [0.05, 0.1) is 6.61 Å². The lowest BCUT2D eigenvalue weighted by Crippen LogP contribution is -2.30. The summed E-state index contributed by atoms with van der Waals surface area (Å²) >= 11 is 0. The summed E-state index contributed by atoms with van der Waals surface area (Å²) in [5.74, 6) is -1.88. The Morgan fingerprint density at radius 1 is 1.33 bits per heavy atom. The number of aromatic nitrogens is 3. The van der Waals surface area contributed by atoms with Crippen molar-refractivity contribution in [1.82, 2.24) is 20.3 Å². The van der Waals surface area contributed by atoms with Gasteiger partial charge in [-0.3, -0.25) is 4.79 Å². The Hall–Kier alpha value is -2.13. The predicted molar refractivity (Wildman–Crippen MR) is 64.3 cm³/mol. The first kappa shape index (κ1) is 16.9. The van der Waals surface area contributed by atoms with Crippen molar-refractivity contribution in [2.75, 3.05) is 13.2 Å². The maximum Gasteiger partial charge on any atom is 0.435 e. The summed E-state index contributed by atoms with van der Waals surface area (Å²) in [7, 11) is 0. The molecule has 7 nitrogen and oxygen atoms in total. The van der Waals surface area contributed by atoms with Gasteiger partial charge in [0.15, 0.2) is 5.69 Å². The minimum Gasteiger partial charge on any atom is -0.461 e. The van der Waals surface area contributed by atoms with Crippen LogP contribution < -0.4 is 5.32 Å². The molecule has 1 aromatic heterocycles. The highest BCUT2D eigenvalue weighted by Gasteiger charge is 2.42. The predicted octanol–water partition coefficient (Wildman–Crippen LogP) is 1.000. The Balaban J connectivity index is 3.05. The number of ether oxygens (including phenoxy) is 1. The molecule has 1 amide bonds. The van der Waals surface area contributed by atoms with Crippen LogP contribution in [0.5, 0.6) is 0 Å². The van der Waals surface area contributed by atoms with Crippen molar-refractivity contribution in [1.29, 1.82) is 0 Å². The molecule has 0 atom stereocenters. The minimum atomic E-state index is -4.88. The zero-order valence-corrected chi connectivity index (χ0v) is 11.5. The maximum absolute atomic E-state index is 13.0. The summed E-state index contributed by atoms with van der Waals surface area (Å²) in [5.41, 5.74) is -2.35. The molecule has 1 heterocycles. The van der Waals surface area contributed by atoms with Gasteiger partial charge in [-0.1, -0.05) is 12.1 Å². The summed E-state index contributed by atoms with van der Waals surface area (Å²) in [6, 6.07) is 0. The van der Waals surface area contributed by atoms with Crippen molar-refractivity contribution in [3.63, 3.8) is 0 Å². The smallest absolute Gasteiger partial charge is 0.435 e. The molecule has 10 heteroatoms. The Bertz CT molecular complexity index is 513. The number of carbonyl (C=O) groups is 2. The van der Waals surface area contributed by atoms with Crippen LogP contribution in [0, 0.1) is 0 Å². The Morgan fingerprint density at radius 2 is 2.00 bits per heavy atom. The SMILES string of the molecule is CCCNC(=O)Cn1nnc(C(=O)OCC)c1C(F)(F)F. The van der Waals surface area contributed by atoms with E-state index in [0.29, 0.717) is 17.6 Å². The number of alkyl halides is 3. The molecular weight excluding hydrogens is 293 g/mol. The van der Waals surface area contributed by atoms with Gasteiger partial charge in [-0.15, -0.1) is 5.10 Å². The van der Waals surface area contributed by atoms with Crippen LogP contribution in [0.1, 0.15) is 36.5 Å². The van der Waals surface area contributed by atoms with Gasteiger partial charge >= 0.3 is 12.1 Å². The van der Waals surface area contributed by atoms with Gasteiger partial charge in [0.25, 0.3) is 0 Å². The first-order valence-electron chi connectivity index (χ1n) is 6.25. The Labute approximate surface area is 118 Å². The van der Waals surface area contributed by atoms with Crippen LogP contribution in [0.25, 0.3) is 0 Å². The molecule has 0 aromatic carbocycles. The van der Waals surface area contributed by atoms with Gasteiger partial charge in [0, 0.05) is 6.54 Å². The molecule has 0 radical (unpaired) electrons. The second kappa shape index (κ2) is 7.04. The number of amides is 1. The lowest BCUT2D eigenvalue weighted by molar-refractivity contribution is -0.145. The molecule has 118 valence electrons. The van der Waals surface area contributed by atoms with Crippen molar-refractivity contribution in [3.8, 4) is 0 Å². The standard InChI is InChI=1S/C11H15F3N4O3/c1-3-5-15-7(19)6-18-9(11(12,13)14)8(16-17-18)10(20)21-4-2/h3-6H2,1-2H3,(H,15,19). The van der Waals surface area contributed by atoms with Crippen LogP contribution >= 0.6 is 0 Å². The number of carbonyl (C=O) groups excluding carboxylic acids is 2. The highest BCUT2D eigenvalue weighted by atomic mass is 19.4. The second-order valence-electron chi connectivity index (χ2n) is 4.01. The lowest BCUT2D eigenvalue weighted by atomic mass is 10.3. The van der Waals surface area contributed by atoms with Crippen molar-refractivity contribution >= 4 is 11.9 Å². The average Bonchev–Trinajstić information content (AvgIpc) is 2.80. The summed E-state index contributed by atoms with van der Waals surface area (Å²) in [6.45, 7) is 2.81. The van der Waals surface area contributed by atoms with Crippen LogP contribution in [0.2, 0.25) is 0 Å². The van der Waals surface area contributed by atoms with E-state index in [1.54, 1.807) is 6.92 Å². The van der Waals surface area contributed by atoms with E-state index in [-0.39, 0.29) is 6.61 Å². The lowest BCUT2D eigenvalue weighted by Gasteiger charge is -2.10. The van der Waals surface area contributed by atoms with Gasteiger partial charge in [-0.2, -0.15) is 13.2 Å². The normalized spacial score (nSPS) is 11.3. The molecule has 0 aliphatic heterocycles. The van der Waals surface area contributed by atoms with Crippen molar-refractivity contribution in [3.05, 3.63) is 11.4 Å². The molecule has 1 rings (SSSR count). The average molecular weight is 308 g/mol.